The fourth-order valence-electron chi connectivity index (χ4n) is 4.54. The van der Waals surface area contributed by atoms with Crippen molar-refractivity contribution in [3.63, 3.8) is 0 Å². The molecule has 1 aliphatic carbocycles. The number of aromatic nitrogens is 4. The number of amides is 1. The molecule has 0 aromatic carbocycles. The number of fused-ring (bicyclic) bond motifs is 1. The van der Waals surface area contributed by atoms with Gasteiger partial charge in [-0.25, -0.2) is 14.5 Å². The van der Waals surface area contributed by atoms with Crippen LogP contribution in [0.3, 0.4) is 0 Å². The smallest absolute Gasteiger partial charge is 0.243 e. The van der Waals surface area contributed by atoms with E-state index in [2.05, 4.69) is 49.3 Å². The molecule has 3 aromatic rings. The minimum Gasteiger partial charge on any atom is -0.378 e. The number of nitrogens with one attached hydrogen (secondary N) is 2. The van der Waals surface area contributed by atoms with E-state index in [0.717, 1.165) is 68.4 Å². The second-order valence-corrected chi connectivity index (χ2v) is 8.26. The lowest BCUT2D eigenvalue weighted by molar-refractivity contribution is -0.117. The van der Waals surface area contributed by atoms with Crippen LogP contribution in [0.4, 0.5) is 17.2 Å². The van der Waals surface area contributed by atoms with Gasteiger partial charge in [0, 0.05) is 25.3 Å². The number of pyridine rings is 2. The van der Waals surface area contributed by atoms with Gasteiger partial charge in [0.25, 0.3) is 0 Å². The summed E-state index contributed by atoms with van der Waals surface area (Å²) in [5.74, 6) is 0.985. The van der Waals surface area contributed by atoms with Crippen molar-refractivity contribution in [3.05, 3.63) is 55.1 Å². The van der Waals surface area contributed by atoms with E-state index in [-0.39, 0.29) is 11.9 Å². The first-order valence-electron chi connectivity index (χ1n) is 11.0. The molecular formula is C23H27N7O2. The lowest BCUT2D eigenvalue weighted by atomic mass is 9.98. The highest BCUT2D eigenvalue weighted by Gasteiger charge is 2.27. The van der Waals surface area contributed by atoms with Crippen LogP contribution >= 0.6 is 0 Å². The van der Waals surface area contributed by atoms with Crippen molar-refractivity contribution in [1.82, 2.24) is 24.9 Å². The van der Waals surface area contributed by atoms with E-state index >= 15 is 0 Å². The highest BCUT2D eigenvalue weighted by molar-refractivity contribution is 5.87. The fraction of sp³-hybridized carbons (Fsp3) is 0.391. The van der Waals surface area contributed by atoms with E-state index in [4.69, 9.17) is 4.74 Å². The molecule has 9 heteroatoms. The Balaban J connectivity index is 1.34. The van der Waals surface area contributed by atoms with Crippen molar-refractivity contribution in [2.75, 3.05) is 36.5 Å². The van der Waals surface area contributed by atoms with Gasteiger partial charge in [0.05, 0.1) is 30.8 Å². The first-order chi connectivity index (χ1) is 15.7. The summed E-state index contributed by atoms with van der Waals surface area (Å²) in [5, 5.41) is 10.8. The molecule has 32 heavy (non-hydrogen) atoms. The summed E-state index contributed by atoms with van der Waals surface area (Å²) in [7, 11) is 0. The average molecular weight is 434 g/mol. The largest absolute Gasteiger partial charge is 0.378 e. The maximum absolute atomic E-state index is 11.7. The standard InChI is InChI=1S/C23H27N7O2/c1-2-22(31)27-18-4-3-16(11-18)17-12-20(23-25-15-26-30(23)14-17)28-21-6-5-19(13-24-21)29-7-9-32-10-8-29/h2,5-6,12-16,18H,1,3-4,7-11H2,(H,24,28)(H,27,31)/t16?,18-/m1/s1. The fourth-order valence-corrected chi connectivity index (χ4v) is 4.54. The summed E-state index contributed by atoms with van der Waals surface area (Å²) in [4.78, 5) is 23.0. The number of nitrogens with zero attached hydrogens (tertiary/aromatic N) is 5. The molecule has 0 spiro atoms. The van der Waals surface area contributed by atoms with Crippen LogP contribution in [0.15, 0.2) is 49.6 Å². The van der Waals surface area contributed by atoms with E-state index < -0.39 is 0 Å². The summed E-state index contributed by atoms with van der Waals surface area (Å²) >= 11 is 0. The molecule has 166 valence electrons. The minimum absolute atomic E-state index is 0.115. The molecule has 3 aromatic heterocycles. The first-order valence-corrected chi connectivity index (χ1v) is 11.0. The van der Waals surface area contributed by atoms with Crippen LogP contribution in [-0.2, 0) is 9.53 Å². The molecule has 4 heterocycles. The Labute approximate surface area is 186 Å². The number of carbonyl (C=O) groups is 1. The van der Waals surface area contributed by atoms with Crippen LogP contribution in [0.2, 0.25) is 0 Å². The van der Waals surface area contributed by atoms with Gasteiger partial charge in [-0.05, 0) is 55.0 Å². The molecule has 0 radical (unpaired) electrons. The van der Waals surface area contributed by atoms with E-state index in [1.807, 2.05) is 18.5 Å². The monoisotopic (exact) mass is 433 g/mol. The number of rotatable bonds is 6. The second-order valence-electron chi connectivity index (χ2n) is 8.26. The van der Waals surface area contributed by atoms with Crippen molar-refractivity contribution < 1.29 is 9.53 Å². The Kier molecular flexibility index (Phi) is 5.72. The van der Waals surface area contributed by atoms with Crippen LogP contribution in [0.1, 0.15) is 30.7 Å². The van der Waals surface area contributed by atoms with Crippen LogP contribution in [0.25, 0.3) is 5.65 Å². The zero-order valence-corrected chi connectivity index (χ0v) is 17.9. The van der Waals surface area contributed by atoms with Crippen molar-refractivity contribution in [3.8, 4) is 0 Å². The van der Waals surface area contributed by atoms with Crippen molar-refractivity contribution in [2.45, 2.75) is 31.2 Å². The van der Waals surface area contributed by atoms with E-state index in [1.54, 1.807) is 10.8 Å². The predicted molar refractivity (Wildman–Crippen MR) is 122 cm³/mol. The molecule has 0 bridgehead atoms. The maximum Gasteiger partial charge on any atom is 0.243 e. The zero-order chi connectivity index (χ0) is 21.9. The molecule has 1 saturated heterocycles. The number of hydrogen-bond donors (Lipinski definition) is 2. The molecule has 1 unspecified atom stereocenters. The Morgan fingerprint density at radius 3 is 2.88 bits per heavy atom. The quantitative estimate of drug-likeness (QED) is 0.577. The van der Waals surface area contributed by atoms with Crippen LogP contribution < -0.4 is 15.5 Å². The molecule has 1 aliphatic heterocycles. The highest BCUT2D eigenvalue weighted by atomic mass is 16.5. The van der Waals surface area contributed by atoms with Crippen LogP contribution in [0, 0.1) is 0 Å². The number of morpholine rings is 1. The third-order valence-electron chi connectivity index (χ3n) is 6.22. The summed E-state index contributed by atoms with van der Waals surface area (Å²) in [6.45, 7) is 6.80. The summed E-state index contributed by atoms with van der Waals surface area (Å²) in [6, 6.07) is 6.36. The average Bonchev–Trinajstić information content (AvgIpc) is 3.50. The van der Waals surface area contributed by atoms with Crippen molar-refractivity contribution in [1.29, 1.82) is 0 Å². The molecular weight excluding hydrogens is 406 g/mol. The Hall–Kier alpha value is -3.46. The first kappa shape index (κ1) is 20.4. The summed E-state index contributed by atoms with van der Waals surface area (Å²) in [6.07, 6.45) is 9.66. The number of ether oxygens (including phenoxy) is 1. The minimum atomic E-state index is -0.115. The van der Waals surface area contributed by atoms with E-state index in [1.165, 1.54) is 11.6 Å². The molecule has 5 rings (SSSR count). The molecule has 2 aliphatic rings. The highest BCUT2D eigenvalue weighted by Crippen LogP contribution is 2.36. The van der Waals surface area contributed by atoms with Crippen LogP contribution in [0.5, 0.6) is 0 Å². The van der Waals surface area contributed by atoms with Crippen molar-refractivity contribution >= 4 is 28.7 Å². The van der Waals surface area contributed by atoms with Gasteiger partial charge in [-0.1, -0.05) is 6.58 Å². The van der Waals surface area contributed by atoms with Crippen molar-refractivity contribution in [2.24, 2.45) is 0 Å². The van der Waals surface area contributed by atoms with Gasteiger partial charge < -0.3 is 20.3 Å². The van der Waals surface area contributed by atoms with Gasteiger partial charge >= 0.3 is 0 Å². The summed E-state index contributed by atoms with van der Waals surface area (Å²) < 4.78 is 7.23. The predicted octanol–water partition coefficient (Wildman–Crippen LogP) is 2.64. The molecule has 2 fully saturated rings. The normalized spacial score (nSPS) is 20.9. The molecule has 9 nitrogen and oxygen atoms in total. The zero-order valence-electron chi connectivity index (χ0n) is 17.9. The Bertz CT molecular complexity index is 1110. The third-order valence-corrected chi connectivity index (χ3v) is 6.22. The number of hydrogen-bond acceptors (Lipinski definition) is 7. The van der Waals surface area contributed by atoms with Gasteiger partial charge in [0.1, 0.15) is 12.1 Å². The van der Waals surface area contributed by atoms with Gasteiger partial charge in [0.2, 0.25) is 5.91 Å². The Morgan fingerprint density at radius 1 is 1.22 bits per heavy atom. The second kappa shape index (κ2) is 8.96. The lowest BCUT2D eigenvalue weighted by Gasteiger charge is -2.28. The molecule has 2 atom stereocenters. The van der Waals surface area contributed by atoms with Gasteiger partial charge in [-0.3, -0.25) is 4.79 Å². The number of carbonyl (C=O) groups excluding carboxylic acids is 1. The Morgan fingerprint density at radius 2 is 2.09 bits per heavy atom. The molecule has 2 N–H and O–H groups in total. The lowest BCUT2D eigenvalue weighted by Crippen LogP contribution is -2.36. The molecule has 1 saturated carbocycles. The van der Waals surface area contributed by atoms with Gasteiger partial charge in [0.15, 0.2) is 5.65 Å². The van der Waals surface area contributed by atoms with Crippen LogP contribution in [-0.4, -0.2) is 57.8 Å². The molecule has 1 amide bonds. The maximum atomic E-state index is 11.7. The SMILES string of the molecule is C=CC(=O)N[C@@H]1CCC(c2cc(Nc3ccc(N4CCOCC4)cn3)c3ncnn3c2)C1. The van der Waals surface area contributed by atoms with E-state index in [0.29, 0.717) is 5.92 Å². The van der Waals surface area contributed by atoms with Gasteiger partial charge in [-0.15, -0.1) is 0 Å². The third kappa shape index (κ3) is 4.29. The van der Waals surface area contributed by atoms with Gasteiger partial charge in [-0.2, -0.15) is 5.10 Å². The summed E-state index contributed by atoms with van der Waals surface area (Å²) in [5.41, 5.74) is 3.89. The number of anilines is 3. The topological polar surface area (TPSA) is 96.7 Å². The van der Waals surface area contributed by atoms with E-state index in [9.17, 15) is 4.79 Å².